The van der Waals surface area contributed by atoms with E-state index in [0.717, 1.165) is 27.7 Å². The van der Waals surface area contributed by atoms with E-state index in [1.807, 2.05) is 32.0 Å². The Balaban J connectivity index is 1.90. The molecule has 0 atom stereocenters. The summed E-state index contributed by atoms with van der Waals surface area (Å²) in [5.74, 6) is 2.27. The minimum Gasteiger partial charge on any atom is -0.486 e. The summed E-state index contributed by atoms with van der Waals surface area (Å²) in [6.45, 7) is 8.11. The Morgan fingerprint density at radius 1 is 1.50 bits per heavy atom. The van der Waals surface area contributed by atoms with E-state index in [4.69, 9.17) is 16.3 Å². The second-order valence-corrected chi connectivity index (χ2v) is 5.86. The zero-order valence-corrected chi connectivity index (χ0v) is 13.0. The predicted molar refractivity (Wildman–Crippen MR) is 82.4 cm³/mol. The van der Waals surface area contributed by atoms with E-state index in [0.29, 0.717) is 17.6 Å². The van der Waals surface area contributed by atoms with Crippen molar-refractivity contribution in [3.05, 3.63) is 46.8 Å². The van der Waals surface area contributed by atoms with Gasteiger partial charge in [-0.3, -0.25) is 5.10 Å². The number of benzene rings is 1. The van der Waals surface area contributed by atoms with Crippen molar-refractivity contribution in [1.82, 2.24) is 15.2 Å². The Morgan fingerprint density at radius 2 is 2.30 bits per heavy atom. The third-order valence-electron chi connectivity index (χ3n) is 2.46. The molecule has 0 saturated heterocycles. The lowest BCUT2D eigenvalue weighted by molar-refractivity contribution is 0.296. The molecule has 0 aliphatic rings. The van der Waals surface area contributed by atoms with Gasteiger partial charge in [0.2, 0.25) is 5.16 Å². The van der Waals surface area contributed by atoms with Gasteiger partial charge in [-0.15, -0.1) is 5.10 Å². The number of aromatic nitrogens is 3. The summed E-state index contributed by atoms with van der Waals surface area (Å²) in [4.78, 5) is 4.34. The first-order chi connectivity index (χ1) is 9.54. The number of rotatable bonds is 6. The molecule has 4 nitrogen and oxygen atoms in total. The third-order valence-corrected chi connectivity index (χ3v) is 3.97. The molecule has 1 aromatic heterocycles. The van der Waals surface area contributed by atoms with Crippen molar-refractivity contribution in [3.8, 4) is 5.75 Å². The lowest BCUT2D eigenvalue weighted by atomic mass is 10.2. The molecule has 0 aliphatic heterocycles. The van der Waals surface area contributed by atoms with Crippen molar-refractivity contribution in [1.29, 1.82) is 0 Å². The Morgan fingerprint density at radius 3 is 3.00 bits per heavy atom. The summed E-state index contributed by atoms with van der Waals surface area (Å²) in [6.07, 6.45) is 0. The van der Waals surface area contributed by atoms with Crippen LogP contribution in [0.5, 0.6) is 5.75 Å². The smallest absolute Gasteiger partial charge is 0.208 e. The fraction of sp³-hybridized carbons (Fsp3) is 0.286. The van der Waals surface area contributed by atoms with Crippen LogP contribution in [0.3, 0.4) is 0 Å². The van der Waals surface area contributed by atoms with Crippen LogP contribution in [0.1, 0.15) is 18.3 Å². The molecule has 6 heteroatoms. The Kier molecular flexibility index (Phi) is 5.09. The fourth-order valence-corrected chi connectivity index (χ4v) is 2.23. The average Bonchev–Trinajstić information content (AvgIpc) is 2.86. The lowest BCUT2D eigenvalue weighted by Crippen LogP contribution is -1.98. The predicted octanol–water partition coefficient (Wildman–Crippen LogP) is 4.01. The van der Waals surface area contributed by atoms with Crippen LogP contribution in [0.4, 0.5) is 0 Å². The van der Waals surface area contributed by atoms with Gasteiger partial charge in [-0.05, 0) is 37.6 Å². The molecule has 1 aromatic carbocycles. The molecule has 2 rings (SSSR count). The van der Waals surface area contributed by atoms with E-state index in [1.54, 1.807) is 11.8 Å². The monoisotopic (exact) mass is 309 g/mol. The van der Waals surface area contributed by atoms with Gasteiger partial charge in [0.1, 0.15) is 12.4 Å². The van der Waals surface area contributed by atoms with Gasteiger partial charge in [-0.2, -0.15) is 0 Å². The van der Waals surface area contributed by atoms with Crippen LogP contribution in [-0.2, 0) is 6.61 Å². The number of H-pyrrole nitrogens is 1. The highest BCUT2D eigenvalue weighted by molar-refractivity contribution is 7.99. The molecule has 0 aliphatic carbocycles. The summed E-state index contributed by atoms with van der Waals surface area (Å²) in [6, 6.07) is 5.55. The number of nitrogens with zero attached hydrogens (tertiary/aromatic N) is 2. The molecular weight excluding hydrogens is 294 g/mol. The maximum absolute atomic E-state index is 5.97. The average molecular weight is 310 g/mol. The van der Waals surface area contributed by atoms with Crippen LogP contribution in [0.25, 0.3) is 0 Å². The van der Waals surface area contributed by atoms with E-state index in [-0.39, 0.29) is 0 Å². The number of ether oxygens (including phenoxy) is 1. The molecule has 20 heavy (non-hydrogen) atoms. The molecule has 0 spiro atoms. The molecule has 0 fully saturated rings. The summed E-state index contributed by atoms with van der Waals surface area (Å²) in [5.41, 5.74) is 2.08. The minimum absolute atomic E-state index is 0.349. The number of thioether (sulfide) groups is 1. The molecule has 1 heterocycles. The number of hydrogen-bond acceptors (Lipinski definition) is 4. The first kappa shape index (κ1) is 14.9. The first-order valence-corrected chi connectivity index (χ1v) is 7.48. The number of nitrogens with one attached hydrogen (secondary N) is 1. The van der Waals surface area contributed by atoms with Crippen molar-refractivity contribution in [3.63, 3.8) is 0 Å². The maximum atomic E-state index is 5.97. The highest BCUT2D eigenvalue weighted by Crippen LogP contribution is 2.22. The highest BCUT2D eigenvalue weighted by Gasteiger charge is 2.05. The topological polar surface area (TPSA) is 50.8 Å². The van der Waals surface area contributed by atoms with Crippen molar-refractivity contribution in [2.45, 2.75) is 25.6 Å². The number of halogens is 1. The molecule has 1 N–H and O–H groups in total. The third kappa shape index (κ3) is 4.28. The van der Waals surface area contributed by atoms with Crippen LogP contribution >= 0.6 is 23.4 Å². The molecular formula is C14H16ClN3OS. The highest BCUT2D eigenvalue weighted by atomic mass is 35.5. The van der Waals surface area contributed by atoms with Crippen molar-refractivity contribution in [2.24, 2.45) is 0 Å². The van der Waals surface area contributed by atoms with Gasteiger partial charge >= 0.3 is 0 Å². The number of aryl methyl sites for hydroxylation is 1. The van der Waals surface area contributed by atoms with Gasteiger partial charge in [0.25, 0.3) is 0 Å². The zero-order valence-electron chi connectivity index (χ0n) is 11.4. The van der Waals surface area contributed by atoms with E-state index in [1.165, 1.54) is 0 Å². The molecule has 0 saturated carbocycles. The molecule has 0 amide bonds. The number of hydrogen-bond donors (Lipinski definition) is 1. The van der Waals surface area contributed by atoms with Crippen LogP contribution in [0, 0.1) is 6.92 Å². The van der Waals surface area contributed by atoms with Gasteiger partial charge < -0.3 is 4.74 Å². The van der Waals surface area contributed by atoms with Crippen LogP contribution in [-0.4, -0.2) is 20.9 Å². The molecule has 0 radical (unpaired) electrons. The number of aromatic amines is 1. The molecule has 0 bridgehead atoms. The SMILES string of the molecule is C=C(C)CSc1n[nH]c(COc2ccc(Cl)c(C)c2)n1. The van der Waals surface area contributed by atoms with Gasteiger partial charge in [-0.1, -0.05) is 35.5 Å². The first-order valence-electron chi connectivity index (χ1n) is 6.12. The van der Waals surface area contributed by atoms with Gasteiger partial charge in [0.05, 0.1) is 0 Å². The summed E-state index contributed by atoms with van der Waals surface area (Å²) < 4.78 is 5.65. The van der Waals surface area contributed by atoms with Crippen LogP contribution < -0.4 is 4.74 Å². The van der Waals surface area contributed by atoms with Gasteiger partial charge in [0, 0.05) is 10.8 Å². The summed E-state index contributed by atoms with van der Waals surface area (Å²) in [7, 11) is 0. The molecule has 106 valence electrons. The second-order valence-electron chi connectivity index (χ2n) is 4.51. The minimum atomic E-state index is 0.349. The second kappa shape index (κ2) is 6.81. The summed E-state index contributed by atoms with van der Waals surface area (Å²) in [5, 5.41) is 8.42. The van der Waals surface area contributed by atoms with Crippen molar-refractivity contribution in [2.75, 3.05) is 5.75 Å². The Bertz CT molecular complexity index is 612. The Labute approximate surface area is 127 Å². The van der Waals surface area contributed by atoms with Gasteiger partial charge in [-0.25, -0.2) is 4.98 Å². The largest absolute Gasteiger partial charge is 0.486 e. The van der Waals surface area contributed by atoms with E-state index < -0.39 is 0 Å². The van der Waals surface area contributed by atoms with E-state index in [9.17, 15) is 0 Å². The molecule has 0 unspecified atom stereocenters. The normalized spacial score (nSPS) is 10.6. The van der Waals surface area contributed by atoms with E-state index >= 15 is 0 Å². The van der Waals surface area contributed by atoms with E-state index in [2.05, 4.69) is 21.8 Å². The van der Waals surface area contributed by atoms with Gasteiger partial charge in [0.15, 0.2) is 5.82 Å². The maximum Gasteiger partial charge on any atom is 0.208 e. The van der Waals surface area contributed by atoms with Crippen LogP contribution in [0.2, 0.25) is 5.02 Å². The van der Waals surface area contributed by atoms with Crippen LogP contribution in [0.15, 0.2) is 35.5 Å². The summed E-state index contributed by atoms with van der Waals surface area (Å²) >= 11 is 7.52. The fourth-order valence-electron chi connectivity index (χ4n) is 1.45. The molecule has 2 aromatic rings. The lowest BCUT2D eigenvalue weighted by Gasteiger charge is -2.05. The van der Waals surface area contributed by atoms with Crippen molar-refractivity contribution >= 4 is 23.4 Å². The Hall–Kier alpha value is -1.46. The van der Waals surface area contributed by atoms with Crippen molar-refractivity contribution < 1.29 is 4.74 Å². The zero-order chi connectivity index (χ0) is 14.5. The quantitative estimate of drug-likeness (QED) is 0.647. The standard InChI is InChI=1S/C14H16ClN3OS/c1-9(2)8-20-14-16-13(17-18-14)7-19-11-4-5-12(15)10(3)6-11/h4-6H,1,7-8H2,2-3H3,(H,16,17,18).